The molecule has 3 rings (SSSR count). The summed E-state index contributed by atoms with van der Waals surface area (Å²) >= 11 is 0. The fraction of sp³-hybridized carbons (Fsp3) is 0.684. The van der Waals surface area contributed by atoms with E-state index in [-0.39, 0.29) is 0 Å². The number of benzene rings is 1. The normalized spacial score (nSPS) is 24.6. The molecule has 1 fully saturated rings. The van der Waals surface area contributed by atoms with Gasteiger partial charge in [-0.3, -0.25) is 0 Å². The van der Waals surface area contributed by atoms with Crippen LogP contribution < -0.4 is 5.73 Å². The minimum absolute atomic E-state index is 0.502. The maximum atomic E-state index is 6.11. The average Bonchev–Trinajstić information content (AvgIpc) is 2.52. The Morgan fingerprint density at radius 1 is 1.19 bits per heavy atom. The van der Waals surface area contributed by atoms with E-state index in [1.54, 1.807) is 11.1 Å². The van der Waals surface area contributed by atoms with Crippen molar-refractivity contribution in [3.63, 3.8) is 0 Å². The molecule has 2 N–H and O–H groups in total. The van der Waals surface area contributed by atoms with Crippen LogP contribution in [0.1, 0.15) is 55.2 Å². The summed E-state index contributed by atoms with van der Waals surface area (Å²) in [4.78, 5) is 2.63. The third-order valence-electron chi connectivity index (χ3n) is 5.35. The summed E-state index contributed by atoms with van der Waals surface area (Å²) in [5, 5.41) is 0. The van der Waals surface area contributed by atoms with Crippen LogP contribution in [0.15, 0.2) is 18.2 Å². The molecule has 0 amide bonds. The molecule has 0 spiro atoms. The van der Waals surface area contributed by atoms with Crippen LogP contribution in [0.3, 0.4) is 0 Å². The summed E-state index contributed by atoms with van der Waals surface area (Å²) in [6.45, 7) is 6.79. The highest BCUT2D eigenvalue weighted by atomic mass is 15.1. The maximum absolute atomic E-state index is 6.11. The lowest BCUT2D eigenvalue weighted by Gasteiger charge is -2.33. The van der Waals surface area contributed by atoms with Crippen molar-refractivity contribution >= 4 is 0 Å². The van der Waals surface area contributed by atoms with E-state index in [9.17, 15) is 0 Å². The molecule has 0 bridgehead atoms. The predicted octanol–water partition coefficient (Wildman–Crippen LogP) is 3.34. The second-order valence-corrected chi connectivity index (χ2v) is 7.17. The van der Waals surface area contributed by atoms with Gasteiger partial charge >= 0.3 is 0 Å². The van der Waals surface area contributed by atoms with E-state index in [0.29, 0.717) is 5.92 Å². The van der Waals surface area contributed by atoms with Crippen LogP contribution in [-0.2, 0) is 12.8 Å². The van der Waals surface area contributed by atoms with Gasteiger partial charge < -0.3 is 10.6 Å². The Labute approximate surface area is 129 Å². The molecule has 1 aromatic carbocycles. The Bertz CT molecular complexity index is 469. The molecule has 0 aromatic heterocycles. The standard InChI is InChI=1S/C19H30N2/c1-15-5-4-10-21(13-15)14-19(12-20)18-9-8-16-6-2-3-7-17(16)11-18/h8-9,11,15,19H,2-7,10,12-14,20H2,1H3. The number of nitrogens with two attached hydrogens (primary N) is 1. The van der Waals surface area contributed by atoms with Crippen LogP contribution in [0.4, 0.5) is 0 Å². The lowest BCUT2D eigenvalue weighted by molar-refractivity contribution is 0.175. The van der Waals surface area contributed by atoms with Gasteiger partial charge in [-0.25, -0.2) is 0 Å². The summed E-state index contributed by atoms with van der Waals surface area (Å²) in [5.74, 6) is 1.35. The number of rotatable bonds is 4. The highest BCUT2D eigenvalue weighted by Gasteiger charge is 2.21. The molecule has 21 heavy (non-hydrogen) atoms. The molecule has 2 aliphatic rings. The van der Waals surface area contributed by atoms with Gasteiger partial charge in [0.1, 0.15) is 0 Å². The first-order valence-corrected chi connectivity index (χ1v) is 8.80. The SMILES string of the molecule is CC1CCCN(CC(CN)c2ccc3c(c2)CCCC3)C1. The summed E-state index contributed by atoms with van der Waals surface area (Å²) in [6.07, 6.45) is 7.99. The van der Waals surface area contributed by atoms with Gasteiger partial charge in [0.05, 0.1) is 0 Å². The predicted molar refractivity (Wildman–Crippen MR) is 89.7 cm³/mol. The Balaban J connectivity index is 1.70. The van der Waals surface area contributed by atoms with Crippen molar-refractivity contribution in [1.29, 1.82) is 0 Å². The molecule has 0 saturated carbocycles. The Hall–Kier alpha value is -0.860. The molecule has 2 nitrogen and oxygen atoms in total. The number of nitrogens with zero attached hydrogens (tertiary/aromatic N) is 1. The van der Waals surface area contributed by atoms with Crippen molar-refractivity contribution in [2.24, 2.45) is 11.7 Å². The molecule has 1 aromatic rings. The molecule has 1 saturated heterocycles. The molecule has 2 unspecified atom stereocenters. The van der Waals surface area contributed by atoms with Gasteiger partial charge in [0.2, 0.25) is 0 Å². The monoisotopic (exact) mass is 286 g/mol. The first-order valence-electron chi connectivity index (χ1n) is 8.80. The topological polar surface area (TPSA) is 29.3 Å². The van der Waals surface area contributed by atoms with E-state index in [2.05, 4.69) is 30.0 Å². The van der Waals surface area contributed by atoms with Crippen LogP contribution in [0.2, 0.25) is 0 Å². The highest BCUT2D eigenvalue weighted by Crippen LogP contribution is 2.27. The maximum Gasteiger partial charge on any atom is 0.00889 e. The number of aryl methyl sites for hydroxylation is 2. The van der Waals surface area contributed by atoms with Crippen LogP contribution in [0.25, 0.3) is 0 Å². The number of hydrogen-bond acceptors (Lipinski definition) is 2. The van der Waals surface area contributed by atoms with Crippen LogP contribution in [0.5, 0.6) is 0 Å². The second kappa shape index (κ2) is 6.93. The van der Waals surface area contributed by atoms with Crippen LogP contribution >= 0.6 is 0 Å². The fourth-order valence-corrected chi connectivity index (χ4v) is 4.09. The van der Waals surface area contributed by atoms with Gasteiger partial charge in [-0.2, -0.15) is 0 Å². The highest BCUT2D eigenvalue weighted by molar-refractivity contribution is 5.35. The third kappa shape index (κ3) is 3.67. The minimum atomic E-state index is 0.502. The fourth-order valence-electron chi connectivity index (χ4n) is 4.09. The van der Waals surface area contributed by atoms with Gasteiger partial charge in [-0.1, -0.05) is 25.1 Å². The number of likely N-dealkylation sites (tertiary alicyclic amines) is 1. The van der Waals surface area contributed by atoms with Crippen molar-refractivity contribution in [2.75, 3.05) is 26.2 Å². The zero-order chi connectivity index (χ0) is 14.7. The van der Waals surface area contributed by atoms with Gasteiger partial charge in [0.25, 0.3) is 0 Å². The van der Waals surface area contributed by atoms with Crippen molar-refractivity contribution in [2.45, 2.75) is 51.4 Å². The molecular formula is C19H30N2. The van der Waals surface area contributed by atoms with Gasteiger partial charge in [0, 0.05) is 25.6 Å². The number of hydrogen-bond donors (Lipinski definition) is 1. The van der Waals surface area contributed by atoms with Gasteiger partial charge in [-0.05, 0) is 67.7 Å². The van der Waals surface area contributed by atoms with Crippen molar-refractivity contribution in [3.8, 4) is 0 Å². The van der Waals surface area contributed by atoms with Gasteiger partial charge in [0.15, 0.2) is 0 Å². The Morgan fingerprint density at radius 3 is 2.76 bits per heavy atom. The molecule has 1 aliphatic carbocycles. The van der Waals surface area contributed by atoms with Crippen LogP contribution in [-0.4, -0.2) is 31.1 Å². The molecule has 2 atom stereocenters. The average molecular weight is 286 g/mol. The first-order chi connectivity index (χ1) is 10.3. The Morgan fingerprint density at radius 2 is 2.00 bits per heavy atom. The third-order valence-corrected chi connectivity index (χ3v) is 5.35. The lowest BCUT2D eigenvalue weighted by Crippen LogP contribution is -2.38. The summed E-state index contributed by atoms with van der Waals surface area (Å²) < 4.78 is 0. The minimum Gasteiger partial charge on any atom is -0.330 e. The van der Waals surface area contributed by atoms with Crippen molar-refractivity contribution in [3.05, 3.63) is 34.9 Å². The van der Waals surface area contributed by atoms with Crippen LogP contribution in [0, 0.1) is 5.92 Å². The van der Waals surface area contributed by atoms with Crippen molar-refractivity contribution in [1.82, 2.24) is 4.90 Å². The summed E-state index contributed by atoms with van der Waals surface area (Å²) in [7, 11) is 0. The Kier molecular flexibility index (Phi) is 4.97. The van der Waals surface area contributed by atoms with E-state index in [0.717, 1.165) is 19.0 Å². The molecule has 1 heterocycles. The van der Waals surface area contributed by atoms with Crippen molar-refractivity contribution < 1.29 is 0 Å². The smallest absolute Gasteiger partial charge is 0.00889 e. The first kappa shape index (κ1) is 15.1. The van der Waals surface area contributed by atoms with Gasteiger partial charge in [-0.15, -0.1) is 0 Å². The quantitative estimate of drug-likeness (QED) is 0.920. The zero-order valence-electron chi connectivity index (χ0n) is 13.5. The molecular weight excluding hydrogens is 256 g/mol. The molecule has 0 radical (unpaired) electrons. The molecule has 116 valence electrons. The van der Waals surface area contributed by atoms with E-state index in [1.807, 2.05) is 0 Å². The zero-order valence-corrected chi connectivity index (χ0v) is 13.5. The number of fused-ring (bicyclic) bond motifs is 1. The van der Waals surface area contributed by atoms with E-state index < -0.39 is 0 Å². The molecule has 2 heteroatoms. The lowest BCUT2D eigenvalue weighted by atomic mass is 9.87. The van der Waals surface area contributed by atoms with E-state index >= 15 is 0 Å². The summed E-state index contributed by atoms with van der Waals surface area (Å²) in [6, 6.07) is 7.17. The number of piperidine rings is 1. The summed E-state index contributed by atoms with van der Waals surface area (Å²) in [5.41, 5.74) is 10.7. The molecule has 1 aliphatic heterocycles. The van der Waals surface area contributed by atoms with E-state index in [4.69, 9.17) is 5.73 Å². The largest absolute Gasteiger partial charge is 0.330 e. The second-order valence-electron chi connectivity index (χ2n) is 7.17. The van der Waals surface area contributed by atoms with E-state index in [1.165, 1.54) is 57.2 Å².